The van der Waals surface area contributed by atoms with Crippen LogP contribution in [-0.4, -0.2) is 48.1 Å². The molecule has 1 amide bonds. The van der Waals surface area contributed by atoms with Gasteiger partial charge < -0.3 is 10.1 Å². The molecule has 0 radical (unpaired) electrons. The molecule has 18 heavy (non-hydrogen) atoms. The second kappa shape index (κ2) is 6.26. The van der Waals surface area contributed by atoms with Crippen molar-refractivity contribution in [3.05, 3.63) is 11.1 Å². The van der Waals surface area contributed by atoms with Gasteiger partial charge in [-0.1, -0.05) is 6.92 Å². The van der Waals surface area contributed by atoms with Gasteiger partial charge in [-0.05, 0) is 13.3 Å². The zero-order chi connectivity index (χ0) is 13.0. The van der Waals surface area contributed by atoms with Gasteiger partial charge in [-0.3, -0.25) is 9.69 Å². The highest BCUT2D eigenvalue weighted by molar-refractivity contribution is 7.13. The first-order valence-electron chi connectivity index (χ1n) is 6.23. The molecule has 2 heterocycles. The molecule has 0 aromatic carbocycles. The summed E-state index contributed by atoms with van der Waals surface area (Å²) in [5, 5.41) is 5.44. The summed E-state index contributed by atoms with van der Waals surface area (Å²) < 4.78 is 5.58. The highest BCUT2D eigenvalue weighted by Crippen LogP contribution is 2.14. The van der Waals surface area contributed by atoms with E-state index in [0.29, 0.717) is 18.3 Å². The lowest BCUT2D eigenvalue weighted by Crippen LogP contribution is -2.45. The monoisotopic (exact) mass is 269 g/mol. The average Bonchev–Trinajstić information content (AvgIpc) is 2.74. The van der Waals surface area contributed by atoms with Crippen molar-refractivity contribution in [2.24, 2.45) is 0 Å². The van der Waals surface area contributed by atoms with Gasteiger partial charge >= 0.3 is 0 Å². The largest absolute Gasteiger partial charge is 0.376 e. The molecule has 0 aliphatic carbocycles. The van der Waals surface area contributed by atoms with E-state index in [1.807, 2.05) is 12.3 Å². The van der Waals surface area contributed by atoms with Crippen molar-refractivity contribution in [1.29, 1.82) is 0 Å². The molecule has 1 aliphatic rings. The number of nitrogens with zero attached hydrogens (tertiary/aromatic N) is 2. The molecule has 1 saturated heterocycles. The molecule has 5 nitrogen and oxygen atoms in total. The van der Waals surface area contributed by atoms with Crippen LogP contribution in [0, 0.1) is 6.92 Å². The fourth-order valence-electron chi connectivity index (χ4n) is 1.94. The molecular formula is C12H19N3O2S. The van der Waals surface area contributed by atoms with Gasteiger partial charge in [0.15, 0.2) is 5.13 Å². The topological polar surface area (TPSA) is 54.5 Å². The Labute approximate surface area is 111 Å². The van der Waals surface area contributed by atoms with Gasteiger partial charge in [0, 0.05) is 18.5 Å². The Hall–Kier alpha value is -0.980. The van der Waals surface area contributed by atoms with Gasteiger partial charge in [0.2, 0.25) is 5.91 Å². The molecule has 1 unspecified atom stereocenters. The third-order valence-corrected chi connectivity index (χ3v) is 3.79. The number of aryl methyl sites for hydroxylation is 1. The van der Waals surface area contributed by atoms with Crippen LogP contribution in [0.3, 0.4) is 0 Å². The molecule has 1 N–H and O–H groups in total. The zero-order valence-electron chi connectivity index (χ0n) is 10.8. The Morgan fingerprint density at radius 2 is 2.56 bits per heavy atom. The SMILES string of the molecule is CCC1CN(CC(=O)Nc2nc(C)cs2)CCO1. The van der Waals surface area contributed by atoms with E-state index in [4.69, 9.17) is 4.74 Å². The van der Waals surface area contributed by atoms with E-state index < -0.39 is 0 Å². The smallest absolute Gasteiger partial charge is 0.240 e. The zero-order valence-corrected chi connectivity index (χ0v) is 11.6. The van der Waals surface area contributed by atoms with Crippen molar-refractivity contribution in [2.45, 2.75) is 26.4 Å². The number of nitrogens with one attached hydrogen (secondary N) is 1. The van der Waals surface area contributed by atoms with E-state index in [0.717, 1.165) is 25.2 Å². The summed E-state index contributed by atoms with van der Waals surface area (Å²) in [6, 6.07) is 0. The van der Waals surface area contributed by atoms with E-state index in [2.05, 4.69) is 22.1 Å². The Kier molecular flexibility index (Phi) is 4.68. The number of ether oxygens (including phenoxy) is 1. The van der Waals surface area contributed by atoms with E-state index in [-0.39, 0.29) is 12.0 Å². The Bertz CT molecular complexity index is 408. The highest BCUT2D eigenvalue weighted by Gasteiger charge is 2.20. The van der Waals surface area contributed by atoms with Crippen molar-refractivity contribution in [2.75, 3.05) is 31.6 Å². The number of carbonyl (C=O) groups excluding carboxylic acids is 1. The molecule has 0 spiro atoms. The quantitative estimate of drug-likeness (QED) is 0.900. The molecule has 0 saturated carbocycles. The number of aromatic nitrogens is 1. The molecule has 1 atom stereocenters. The Balaban J connectivity index is 1.80. The van der Waals surface area contributed by atoms with Crippen LogP contribution in [0.15, 0.2) is 5.38 Å². The number of amides is 1. The number of thiazole rings is 1. The van der Waals surface area contributed by atoms with E-state index >= 15 is 0 Å². The van der Waals surface area contributed by atoms with Crippen LogP contribution in [0.5, 0.6) is 0 Å². The molecule has 2 rings (SSSR count). The minimum Gasteiger partial charge on any atom is -0.376 e. The van der Waals surface area contributed by atoms with Crippen LogP contribution in [-0.2, 0) is 9.53 Å². The fraction of sp³-hybridized carbons (Fsp3) is 0.667. The summed E-state index contributed by atoms with van der Waals surface area (Å²) in [6.45, 7) is 6.80. The third kappa shape index (κ3) is 3.76. The number of rotatable bonds is 4. The first-order valence-corrected chi connectivity index (χ1v) is 7.11. The second-order valence-electron chi connectivity index (χ2n) is 4.48. The number of carbonyl (C=O) groups is 1. The predicted octanol–water partition coefficient (Wildman–Crippen LogP) is 1.50. The average molecular weight is 269 g/mol. The first-order chi connectivity index (χ1) is 8.67. The van der Waals surface area contributed by atoms with Crippen LogP contribution in [0.1, 0.15) is 19.0 Å². The molecule has 6 heteroatoms. The molecule has 1 aromatic heterocycles. The van der Waals surface area contributed by atoms with Crippen LogP contribution < -0.4 is 5.32 Å². The summed E-state index contributed by atoms with van der Waals surface area (Å²) in [7, 11) is 0. The van der Waals surface area contributed by atoms with Crippen LogP contribution in [0.25, 0.3) is 0 Å². The third-order valence-electron chi connectivity index (χ3n) is 2.91. The lowest BCUT2D eigenvalue weighted by Gasteiger charge is -2.31. The molecule has 1 aliphatic heterocycles. The van der Waals surface area contributed by atoms with Crippen LogP contribution in [0.4, 0.5) is 5.13 Å². The predicted molar refractivity (Wildman–Crippen MR) is 72.0 cm³/mol. The second-order valence-corrected chi connectivity index (χ2v) is 5.34. The minimum absolute atomic E-state index is 0.00102. The van der Waals surface area contributed by atoms with E-state index in [1.54, 1.807) is 0 Å². The number of hydrogen-bond donors (Lipinski definition) is 1. The molecule has 1 fully saturated rings. The summed E-state index contributed by atoms with van der Waals surface area (Å²) in [4.78, 5) is 18.2. The molecule has 1 aromatic rings. The van der Waals surface area contributed by atoms with Gasteiger partial charge in [0.25, 0.3) is 0 Å². The maximum Gasteiger partial charge on any atom is 0.240 e. The van der Waals surface area contributed by atoms with Crippen LogP contribution >= 0.6 is 11.3 Å². The highest BCUT2D eigenvalue weighted by atomic mass is 32.1. The summed E-state index contributed by atoms with van der Waals surface area (Å²) >= 11 is 1.46. The maximum absolute atomic E-state index is 11.9. The van der Waals surface area contributed by atoms with Gasteiger partial charge in [0.1, 0.15) is 0 Å². The molecule has 0 bridgehead atoms. The first kappa shape index (κ1) is 13.5. The summed E-state index contributed by atoms with van der Waals surface area (Å²) in [5.74, 6) is 0.00102. The summed E-state index contributed by atoms with van der Waals surface area (Å²) in [6.07, 6.45) is 1.25. The van der Waals surface area contributed by atoms with Crippen LogP contribution in [0.2, 0.25) is 0 Å². The lowest BCUT2D eigenvalue weighted by molar-refractivity contribution is -0.119. The van der Waals surface area contributed by atoms with Crippen molar-refractivity contribution >= 4 is 22.4 Å². The number of morpholine rings is 1. The molecular weight excluding hydrogens is 250 g/mol. The van der Waals surface area contributed by atoms with Crippen molar-refractivity contribution in [1.82, 2.24) is 9.88 Å². The van der Waals surface area contributed by atoms with Crippen molar-refractivity contribution < 1.29 is 9.53 Å². The standard InChI is InChI=1S/C12H19N3O2S/c1-3-10-6-15(4-5-17-10)7-11(16)14-12-13-9(2)8-18-12/h8,10H,3-7H2,1-2H3,(H,13,14,16). The van der Waals surface area contributed by atoms with Crippen molar-refractivity contribution in [3.8, 4) is 0 Å². The lowest BCUT2D eigenvalue weighted by atomic mass is 10.2. The Morgan fingerprint density at radius 3 is 3.22 bits per heavy atom. The van der Waals surface area contributed by atoms with Gasteiger partial charge in [-0.15, -0.1) is 11.3 Å². The van der Waals surface area contributed by atoms with E-state index in [1.165, 1.54) is 11.3 Å². The normalized spacial score (nSPS) is 20.9. The van der Waals surface area contributed by atoms with Gasteiger partial charge in [0.05, 0.1) is 24.9 Å². The number of anilines is 1. The fourth-order valence-corrected chi connectivity index (χ4v) is 2.65. The summed E-state index contributed by atoms with van der Waals surface area (Å²) in [5.41, 5.74) is 0.938. The van der Waals surface area contributed by atoms with Gasteiger partial charge in [-0.25, -0.2) is 4.98 Å². The Morgan fingerprint density at radius 1 is 1.72 bits per heavy atom. The van der Waals surface area contributed by atoms with Gasteiger partial charge in [-0.2, -0.15) is 0 Å². The van der Waals surface area contributed by atoms with Crippen molar-refractivity contribution in [3.63, 3.8) is 0 Å². The number of hydrogen-bond acceptors (Lipinski definition) is 5. The maximum atomic E-state index is 11.9. The van der Waals surface area contributed by atoms with E-state index in [9.17, 15) is 4.79 Å². The minimum atomic E-state index is 0.00102. The molecule has 100 valence electrons.